The van der Waals surface area contributed by atoms with Crippen LogP contribution in [0.3, 0.4) is 0 Å². The highest BCUT2D eigenvalue weighted by Crippen LogP contribution is 2.30. The van der Waals surface area contributed by atoms with Gasteiger partial charge in [-0.3, -0.25) is 4.79 Å². The number of amides is 1. The van der Waals surface area contributed by atoms with Crippen LogP contribution in [0.4, 0.5) is 0 Å². The number of nitrogens with one attached hydrogen (secondary N) is 1. The fourth-order valence-corrected chi connectivity index (χ4v) is 12.1. The zero-order valence-corrected chi connectivity index (χ0v) is 54.6. The first kappa shape index (κ1) is 79.6. The number of hydrogen-bond donors (Lipinski definition) is 9. The molecule has 12 unspecified atom stereocenters. The molecule has 0 aliphatic carbocycles. The van der Waals surface area contributed by atoms with Crippen molar-refractivity contribution >= 4 is 5.91 Å². The molecule has 0 radical (unpaired) electrons. The Morgan fingerprint density at radius 1 is 0.412 bits per heavy atom. The number of allylic oxidation sites excluding steroid dienone is 3. The van der Waals surface area contributed by atoms with Crippen LogP contribution in [-0.2, 0) is 23.7 Å². The van der Waals surface area contributed by atoms with Crippen LogP contribution in [0.5, 0.6) is 0 Å². The van der Waals surface area contributed by atoms with Gasteiger partial charge in [0.15, 0.2) is 12.6 Å². The second kappa shape index (κ2) is 56.5. The average Bonchev–Trinajstić information content (AvgIpc) is 3.69. The van der Waals surface area contributed by atoms with Gasteiger partial charge in [-0.15, -0.1) is 0 Å². The summed E-state index contributed by atoms with van der Waals surface area (Å²) in [5, 5.41) is 87.5. The fourth-order valence-electron chi connectivity index (χ4n) is 12.1. The van der Waals surface area contributed by atoms with E-state index in [0.717, 1.165) is 38.5 Å². The summed E-state index contributed by atoms with van der Waals surface area (Å²) >= 11 is 0. The summed E-state index contributed by atoms with van der Waals surface area (Å²) in [4.78, 5) is 13.3. The van der Waals surface area contributed by atoms with Gasteiger partial charge in [0.25, 0.3) is 0 Å². The topological polar surface area (TPSA) is 228 Å². The molecule has 0 spiro atoms. The number of rotatable bonds is 60. The smallest absolute Gasteiger partial charge is 0.220 e. The Morgan fingerprint density at radius 2 is 0.741 bits per heavy atom. The Labute approximate surface area is 519 Å². The van der Waals surface area contributed by atoms with Gasteiger partial charge in [-0.2, -0.15) is 0 Å². The molecule has 14 heteroatoms. The van der Waals surface area contributed by atoms with Crippen LogP contribution >= 0.6 is 0 Å². The highest BCUT2D eigenvalue weighted by molar-refractivity contribution is 5.76. The summed E-state index contributed by atoms with van der Waals surface area (Å²) in [5.41, 5.74) is 0. The van der Waals surface area contributed by atoms with Gasteiger partial charge in [-0.25, -0.2) is 0 Å². The van der Waals surface area contributed by atoms with Crippen molar-refractivity contribution in [3.8, 4) is 0 Å². The molecule has 14 nitrogen and oxygen atoms in total. The number of aliphatic hydroxyl groups excluding tert-OH is 8. The summed E-state index contributed by atoms with van der Waals surface area (Å²) in [6.07, 6.45) is 53.8. The minimum Gasteiger partial charge on any atom is -0.394 e. The number of ether oxygens (including phenoxy) is 4. The van der Waals surface area contributed by atoms with Crippen molar-refractivity contribution in [3.05, 3.63) is 24.3 Å². The fraction of sp³-hybridized carbons (Fsp3) is 0.930. The van der Waals surface area contributed by atoms with Crippen LogP contribution in [0.15, 0.2) is 24.3 Å². The molecule has 2 aliphatic heterocycles. The van der Waals surface area contributed by atoms with Crippen molar-refractivity contribution in [2.75, 3.05) is 19.8 Å². The van der Waals surface area contributed by atoms with Crippen molar-refractivity contribution in [1.82, 2.24) is 5.32 Å². The summed E-state index contributed by atoms with van der Waals surface area (Å²) in [5.74, 6) is -0.232. The zero-order valence-electron chi connectivity index (χ0n) is 54.6. The molecule has 0 aromatic rings. The minimum absolute atomic E-state index is 0.232. The number of aliphatic hydroxyl groups is 8. The van der Waals surface area contributed by atoms with E-state index < -0.39 is 86.8 Å². The number of carbonyl (C=O) groups is 1. The predicted molar refractivity (Wildman–Crippen MR) is 346 cm³/mol. The number of hydrogen-bond acceptors (Lipinski definition) is 13. The third kappa shape index (κ3) is 40.8. The Kier molecular flexibility index (Phi) is 52.8. The van der Waals surface area contributed by atoms with E-state index in [0.29, 0.717) is 6.42 Å². The van der Waals surface area contributed by atoms with Crippen molar-refractivity contribution in [1.29, 1.82) is 0 Å². The maximum absolute atomic E-state index is 13.3. The zero-order chi connectivity index (χ0) is 61.6. The van der Waals surface area contributed by atoms with Gasteiger partial charge in [0, 0.05) is 6.42 Å². The Hall–Kier alpha value is -1.53. The first-order valence-corrected chi connectivity index (χ1v) is 36.1. The third-order valence-corrected chi connectivity index (χ3v) is 17.9. The van der Waals surface area contributed by atoms with E-state index >= 15 is 0 Å². The lowest BCUT2D eigenvalue weighted by Crippen LogP contribution is -2.65. The van der Waals surface area contributed by atoms with E-state index in [2.05, 4.69) is 31.3 Å². The van der Waals surface area contributed by atoms with Gasteiger partial charge in [-0.1, -0.05) is 301 Å². The lowest BCUT2D eigenvalue weighted by atomic mass is 9.97. The molecule has 0 saturated carbocycles. The van der Waals surface area contributed by atoms with Gasteiger partial charge < -0.3 is 65.1 Å². The molecule has 9 N–H and O–H groups in total. The summed E-state index contributed by atoms with van der Waals surface area (Å²) in [6.45, 7) is 2.85. The van der Waals surface area contributed by atoms with E-state index in [1.807, 2.05) is 6.08 Å². The van der Waals surface area contributed by atoms with Crippen molar-refractivity contribution in [2.24, 2.45) is 0 Å². The molecule has 0 aromatic carbocycles. The second-order valence-electron chi connectivity index (χ2n) is 25.7. The highest BCUT2D eigenvalue weighted by Gasteiger charge is 2.51. The number of carbonyl (C=O) groups excluding carboxylic acids is 1. The predicted octanol–water partition coefficient (Wildman–Crippen LogP) is 14.7. The van der Waals surface area contributed by atoms with Crippen LogP contribution in [0.1, 0.15) is 328 Å². The first-order valence-electron chi connectivity index (χ1n) is 36.1. The van der Waals surface area contributed by atoms with Crippen LogP contribution in [0.25, 0.3) is 0 Å². The molecule has 1 amide bonds. The van der Waals surface area contributed by atoms with Gasteiger partial charge in [0.1, 0.15) is 48.8 Å². The second-order valence-corrected chi connectivity index (χ2v) is 25.7. The van der Waals surface area contributed by atoms with Gasteiger partial charge in [0.2, 0.25) is 5.91 Å². The molecular weight excluding hydrogens is 1070 g/mol. The lowest BCUT2D eigenvalue weighted by molar-refractivity contribution is -0.359. The standard InChI is InChI=1S/C71H135NO13/c1-3-5-7-9-11-13-15-17-19-21-23-25-27-28-29-30-31-32-33-35-37-39-41-43-45-47-49-51-53-55-63(76)72-59(58-82-70-68(81)66(79)69(62(57-74)84-70)85-71-67(80)65(78)64(77)61(56-73)83-71)60(75)54-52-50-48-46-44-42-40-38-36-34-26-24-22-20-18-16-14-12-10-8-6-4-2/h21,23,52,54,59-62,64-71,73-75,77-81H,3-20,22,24-51,53,55-58H2,1-2H3,(H,72,76)/b23-21-,54-52+. The van der Waals surface area contributed by atoms with E-state index in [1.54, 1.807) is 6.08 Å². The number of unbranched alkanes of at least 4 members (excludes halogenated alkanes) is 45. The Morgan fingerprint density at radius 3 is 1.12 bits per heavy atom. The molecule has 12 atom stereocenters. The SMILES string of the molecule is CCCCCCCCCC/C=C\CCCCCCCCCCCCCCCCCCCC(=O)NC(COC1OC(CO)C(OC2OC(CO)C(O)C(O)C2O)C(O)C1O)C(O)/C=C/CCCCCCCCCCCCCCCCCCCCCC. The molecule has 2 fully saturated rings. The van der Waals surface area contributed by atoms with E-state index in [1.165, 1.54) is 263 Å². The van der Waals surface area contributed by atoms with Crippen LogP contribution in [0, 0.1) is 0 Å². The summed E-state index contributed by atoms with van der Waals surface area (Å²) in [6, 6.07) is -0.913. The molecule has 2 aliphatic rings. The molecular formula is C71H135NO13. The molecule has 2 rings (SSSR count). The van der Waals surface area contributed by atoms with Gasteiger partial charge in [-0.05, 0) is 44.9 Å². The molecule has 0 bridgehead atoms. The van der Waals surface area contributed by atoms with Crippen molar-refractivity contribution in [2.45, 2.75) is 402 Å². The first-order chi connectivity index (χ1) is 41.6. The quantitative estimate of drug-likeness (QED) is 0.0204. The maximum atomic E-state index is 13.3. The van der Waals surface area contributed by atoms with Crippen LogP contribution < -0.4 is 5.32 Å². The minimum atomic E-state index is -1.79. The molecule has 2 heterocycles. The monoisotopic (exact) mass is 1210 g/mol. The van der Waals surface area contributed by atoms with E-state index in [9.17, 15) is 45.6 Å². The maximum Gasteiger partial charge on any atom is 0.220 e. The molecule has 0 aromatic heterocycles. The third-order valence-electron chi connectivity index (χ3n) is 17.9. The molecule has 2 saturated heterocycles. The Balaban J connectivity index is 1.66. The lowest BCUT2D eigenvalue weighted by Gasteiger charge is -2.46. The van der Waals surface area contributed by atoms with Crippen LogP contribution in [-0.4, -0.2) is 140 Å². The average molecular weight is 1210 g/mol. The van der Waals surface area contributed by atoms with E-state index in [4.69, 9.17) is 18.9 Å². The summed E-state index contributed by atoms with van der Waals surface area (Å²) in [7, 11) is 0. The van der Waals surface area contributed by atoms with E-state index in [-0.39, 0.29) is 18.9 Å². The van der Waals surface area contributed by atoms with Crippen LogP contribution in [0.2, 0.25) is 0 Å². The van der Waals surface area contributed by atoms with Crippen molar-refractivity contribution in [3.63, 3.8) is 0 Å². The van der Waals surface area contributed by atoms with Gasteiger partial charge in [0.05, 0.1) is 32.0 Å². The molecule has 85 heavy (non-hydrogen) atoms. The highest BCUT2D eigenvalue weighted by atomic mass is 16.7. The largest absolute Gasteiger partial charge is 0.394 e. The normalized spacial score (nSPS) is 23.6. The summed E-state index contributed by atoms with van der Waals surface area (Å²) < 4.78 is 22.9. The van der Waals surface area contributed by atoms with Gasteiger partial charge >= 0.3 is 0 Å². The molecule has 502 valence electrons. The Bertz CT molecular complexity index is 1520. The van der Waals surface area contributed by atoms with Crippen molar-refractivity contribution < 1.29 is 64.6 Å².